The summed E-state index contributed by atoms with van der Waals surface area (Å²) < 4.78 is 0. The number of urea groups is 1. The minimum atomic E-state index is -1.10. The lowest BCUT2D eigenvalue weighted by atomic mass is 9.93. The largest absolute Gasteiger partial charge is 0.480 e. The summed E-state index contributed by atoms with van der Waals surface area (Å²) in [4.78, 5) is 22.8. The summed E-state index contributed by atoms with van der Waals surface area (Å²) in [5.41, 5.74) is -1.10. The predicted molar refractivity (Wildman–Crippen MR) is 58.1 cm³/mol. The standard InChI is InChI=1S/C11H18N2O3/c1-11(9(14)15,7-5-6-7)13-10(16)12-8-3-2-4-8/h7-8H,2-6H2,1H3,(H,14,15)(H2,12,13,16). The maximum absolute atomic E-state index is 11.6. The number of aliphatic carboxylic acids is 1. The van der Waals surface area contributed by atoms with Crippen molar-refractivity contribution in [3.63, 3.8) is 0 Å². The number of carboxylic acids is 1. The van der Waals surface area contributed by atoms with Crippen molar-refractivity contribution < 1.29 is 14.7 Å². The van der Waals surface area contributed by atoms with Gasteiger partial charge in [-0.3, -0.25) is 0 Å². The van der Waals surface area contributed by atoms with E-state index < -0.39 is 11.5 Å². The number of rotatable bonds is 4. The zero-order valence-electron chi connectivity index (χ0n) is 9.45. The minimum Gasteiger partial charge on any atom is -0.480 e. The quantitative estimate of drug-likeness (QED) is 0.671. The van der Waals surface area contributed by atoms with E-state index >= 15 is 0 Å². The normalized spacial score (nSPS) is 24.1. The fraction of sp³-hybridized carbons (Fsp3) is 0.818. The van der Waals surface area contributed by atoms with Crippen molar-refractivity contribution in [3.8, 4) is 0 Å². The molecule has 0 aromatic rings. The Morgan fingerprint density at radius 2 is 1.88 bits per heavy atom. The van der Waals surface area contributed by atoms with E-state index in [4.69, 9.17) is 5.11 Å². The number of amides is 2. The van der Waals surface area contributed by atoms with E-state index in [0.29, 0.717) is 0 Å². The van der Waals surface area contributed by atoms with Gasteiger partial charge in [0.1, 0.15) is 5.54 Å². The average molecular weight is 226 g/mol. The molecule has 2 aliphatic rings. The zero-order chi connectivity index (χ0) is 11.8. The highest BCUT2D eigenvalue weighted by molar-refractivity contribution is 5.86. The first kappa shape index (κ1) is 11.2. The van der Waals surface area contributed by atoms with Gasteiger partial charge in [0, 0.05) is 6.04 Å². The molecule has 2 saturated carbocycles. The lowest BCUT2D eigenvalue weighted by molar-refractivity contribution is -0.144. The molecule has 0 radical (unpaired) electrons. The van der Waals surface area contributed by atoms with Crippen molar-refractivity contribution in [3.05, 3.63) is 0 Å². The molecule has 0 saturated heterocycles. The number of nitrogens with one attached hydrogen (secondary N) is 2. The highest BCUT2D eigenvalue weighted by atomic mass is 16.4. The Balaban J connectivity index is 1.89. The highest BCUT2D eigenvalue weighted by Crippen LogP contribution is 2.39. The summed E-state index contributed by atoms with van der Waals surface area (Å²) in [6.07, 6.45) is 4.91. The first-order chi connectivity index (χ1) is 7.52. The molecule has 0 aromatic heterocycles. The third kappa shape index (κ3) is 2.13. The molecule has 0 spiro atoms. The average Bonchev–Trinajstić information content (AvgIpc) is 2.94. The number of carbonyl (C=O) groups is 2. The van der Waals surface area contributed by atoms with Crippen molar-refractivity contribution in [1.29, 1.82) is 0 Å². The first-order valence-electron chi connectivity index (χ1n) is 5.84. The number of hydrogen-bond donors (Lipinski definition) is 3. The van der Waals surface area contributed by atoms with Crippen molar-refractivity contribution in [1.82, 2.24) is 10.6 Å². The van der Waals surface area contributed by atoms with Crippen LogP contribution < -0.4 is 10.6 Å². The Bertz CT molecular complexity index is 310. The zero-order valence-corrected chi connectivity index (χ0v) is 9.45. The first-order valence-corrected chi connectivity index (χ1v) is 5.84. The molecule has 1 unspecified atom stereocenters. The van der Waals surface area contributed by atoms with Crippen LogP contribution in [0.15, 0.2) is 0 Å². The summed E-state index contributed by atoms with van der Waals surface area (Å²) in [6.45, 7) is 1.59. The molecule has 0 aliphatic heterocycles. The maximum atomic E-state index is 11.6. The van der Waals surface area contributed by atoms with Crippen LogP contribution >= 0.6 is 0 Å². The van der Waals surface area contributed by atoms with Crippen molar-refractivity contribution in [2.24, 2.45) is 5.92 Å². The molecular weight excluding hydrogens is 208 g/mol. The summed E-state index contributed by atoms with van der Waals surface area (Å²) in [5, 5.41) is 14.6. The van der Waals surface area contributed by atoms with Gasteiger partial charge >= 0.3 is 12.0 Å². The Labute approximate surface area is 94.6 Å². The van der Waals surface area contributed by atoms with Gasteiger partial charge in [-0.15, -0.1) is 0 Å². The van der Waals surface area contributed by atoms with Crippen LogP contribution in [0.4, 0.5) is 4.79 Å². The molecular formula is C11H18N2O3. The van der Waals surface area contributed by atoms with Crippen LogP contribution in [-0.2, 0) is 4.79 Å². The maximum Gasteiger partial charge on any atom is 0.329 e. The second kappa shape index (κ2) is 3.96. The molecule has 0 bridgehead atoms. The topological polar surface area (TPSA) is 78.4 Å². The molecule has 2 rings (SSSR count). The van der Waals surface area contributed by atoms with Crippen LogP contribution in [0, 0.1) is 5.92 Å². The molecule has 2 aliphatic carbocycles. The Morgan fingerprint density at radius 1 is 1.25 bits per heavy atom. The number of carbonyl (C=O) groups excluding carboxylic acids is 1. The second-order valence-electron chi connectivity index (χ2n) is 5.01. The predicted octanol–water partition coefficient (Wildman–Crippen LogP) is 1.09. The molecule has 2 amide bonds. The molecule has 16 heavy (non-hydrogen) atoms. The van der Waals surface area contributed by atoms with Crippen LogP contribution in [-0.4, -0.2) is 28.7 Å². The fourth-order valence-corrected chi connectivity index (χ4v) is 2.00. The van der Waals surface area contributed by atoms with Crippen LogP contribution in [0.1, 0.15) is 39.0 Å². The SMILES string of the molecule is CC(NC(=O)NC1CCC1)(C(=O)O)C1CC1. The van der Waals surface area contributed by atoms with Crippen LogP contribution in [0.2, 0.25) is 0 Å². The van der Waals surface area contributed by atoms with E-state index in [0.717, 1.165) is 32.1 Å². The van der Waals surface area contributed by atoms with Gasteiger partial charge in [0.15, 0.2) is 0 Å². The van der Waals surface area contributed by atoms with E-state index in [2.05, 4.69) is 10.6 Å². The minimum absolute atomic E-state index is 0.0807. The molecule has 0 heterocycles. The van der Waals surface area contributed by atoms with Crippen LogP contribution in [0.3, 0.4) is 0 Å². The molecule has 2 fully saturated rings. The van der Waals surface area contributed by atoms with Gasteiger partial charge in [-0.1, -0.05) is 0 Å². The third-order valence-corrected chi connectivity index (χ3v) is 3.65. The van der Waals surface area contributed by atoms with Crippen molar-refractivity contribution >= 4 is 12.0 Å². The van der Waals surface area contributed by atoms with E-state index in [1.165, 1.54) is 0 Å². The van der Waals surface area contributed by atoms with Crippen LogP contribution in [0.25, 0.3) is 0 Å². The smallest absolute Gasteiger partial charge is 0.329 e. The van der Waals surface area contributed by atoms with Gasteiger partial charge in [0.05, 0.1) is 0 Å². The lowest BCUT2D eigenvalue weighted by Crippen LogP contribution is -2.58. The summed E-state index contributed by atoms with van der Waals surface area (Å²) >= 11 is 0. The van der Waals surface area contributed by atoms with Gasteiger partial charge < -0.3 is 15.7 Å². The van der Waals surface area contributed by atoms with Gasteiger partial charge in [-0.05, 0) is 44.9 Å². The van der Waals surface area contributed by atoms with Crippen molar-refractivity contribution in [2.75, 3.05) is 0 Å². The number of carboxylic acid groups (broad SMARTS) is 1. The monoisotopic (exact) mass is 226 g/mol. The van der Waals surface area contributed by atoms with Gasteiger partial charge in [-0.25, -0.2) is 9.59 Å². The van der Waals surface area contributed by atoms with Crippen LogP contribution in [0.5, 0.6) is 0 Å². The Morgan fingerprint density at radius 3 is 2.25 bits per heavy atom. The molecule has 5 heteroatoms. The second-order valence-corrected chi connectivity index (χ2v) is 5.01. The Kier molecular flexibility index (Phi) is 2.78. The molecule has 3 N–H and O–H groups in total. The molecule has 1 atom stereocenters. The fourth-order valence-electron chi connectivity index (χ4n) is 2.00. The summed E-state index contributed by atoms with van der Waals surface area (Å²) in [6, 6.07) is -0.112. The molecule has 5 nitrogen and oxygen atoms in total. The van der Waals surface area contributed by atoms with E-state index in [1.54, 1.807) is 6.92 Å². The van der Waals surface area contributed by atoms with Gasteiger partial charge in [-0.2, -0.15) is 0 Å². The summed E-state index contributed by atoms with van der Waals surface area (Å²) in [7, 11) is 0. The lowest BCUT2D eigenvalue weighted by Gasteiger charge is -2.30. The third-order valence-electron chi connectivity index (χ3n) is 3.65. The van der Waals surface area contributed by atoms with Gasteiger partial charge in [0.25, 0.3) is 0 Å². The van der Waals surface area contributed by atoms with Gasteiger partial charge in [0.2, 0.25) is 0 Å². The van der Waals surface area contributed by atoms with E-state index in [-0.39, 0.29) is 18.0 Å². The molecule has 90 valence electrons. The Hall–Kier alpha value is -1.26. The molecule has 0 aromatic carbocycles. The highest BCUT2D eigenvalue weighted by Gasteiger charge is 2.48. The van der Waals surface area contributed by atoms with Crippen molar-refractivity contribution in [2.45, 2.75) is 50.6 Å². The van der Waals surface area contributed by atoms with E-state index in [1.807, 2.05) is 0 Å². The van der Waals surface area contributed by atoms with E-state index in [9.17, 15) is 9.59 Å². The summed E-state index contributed by atoms with van der Waals surface area (Å²) in [5.74, 6) is -0.865. The number of hydrogen-bond acceptors (Lipinski definition) is 2.